The second kappa shape index (κ2) is 23.0. The van der Waals surface area contributed by atoms with Gasteiger partial charge in [-0.05, 0) is 42.5 Å². The summed E-state index contributed by atoms with van der Waals surface area (Å²) in [7, 11) is 1.68. The van der Waals surface area contributed by atoms with Crippen LogP contribution < -0.4 is 26.2 Å². The molecule has 2 aliphatic carbocycles. The SMILES string of the molecule is CCCCCCCCCCCCCNC(=O)N[C@H]1CN(c2cnc(-c3ccc(C(=O)N4C[C@@H](C(=O)N[C@H]5C[C@@H]5c5ccccc5)[C@H](C(=O)N[C@H]5C[C@@H]5c5ccccc5)C4)cc3)s2)C[C@@H]1OC. The molecule has 4 aliphatic rings. The van der Waals surface area contributed by atoms with Crippen LogP contribution in [0.1, 0.15) is 124 Å². The van der Waals surface area contributed by atoms with Gasteiger partial charge in [0.25, 0.3) is 5.91 Å². The summed E-state index contributed by atoms with van der Waals surface area (Å²) in [5.41, 5.74) is 3.77. The molecule has 13 heteroatoms. The molecule has 12 nitrogen and oxygen atoms in total. The summed E-state index contributed by atoms with van der Waals surface area (Å²) in [5.74, 6) is -1.35. The van der Waals surface area contributed by atoms with Gasteiger partial charge in [0.2, 0.25) is 11.8 Å². The van der Waals surface area contributed by atoms with E-state index in [1.54, 1.807) is 35.5 Å². The normalized spacial score (nSPS) is 24.2. The number of carbonyl (C=O) groups is 4. The average molecular weight is 916 g/mol. The third kappa shape index (κ3) is 12.4. The number of urea groups is 1. The van der Waals surface area contributed by atoms with Crippen molar-refractivity contribution in [3.8, 4) is 10.6 Å². The topological polar surface area (TPSA) is 145 Å². The summed E-state index contributed by atoms with van der Waals surface area (Å²) in [6.45, 7) is 4.50. The molecule has 2 aliphatic heterocycles. The Morgan fingerprint density at radius 1 is 0.652 bits per heavy atom. The van der Waals surface area contributed by atoms with Gasteiger partial charge in [0.1, 0.15) is 10.0 Å². The zero-order chi connectivity index (χ0) is 45.8. The van der Waals surface area contributed by atoms with Gasteiger partial charge in [0, 0.05) is 74.9 Å². The summed E-state index contributed by atoms with van der Waals surface area (Å²) in [6.07, 6.45) is 17.4. The number of aromatic nitrogens is 1. The van der Waals surface area contributed by atoms with E-state index in [2.05, 4.69) is 57.4 Å². The minimum Gasteiger partial charge on any atom is -0.377 e. The first-order valence-electron chi connectivity index (χ1n) is 24.7. The number of hydrogen-bond acceptors (Lipinski definition) is 8. The van der Waals surface area contributed by atoms with Gasteiger partial charge >= 0.3 is 6.03 Å². The molecule has 2 saturated heterocycles. The van der Waals surface area contributed by atoms with E-state index in [9.17, 15) is 19.2 Å². The molecule has 3 heterocycles. The second-order valence-electron chi connectivity index (χ2n) is 19.0. The highest BCUT2D eigenvalue weighted by Crippen LogP contribution is 2.43. The monoisotopic (exact) mass is 916 g/mol. The molecular weight excluding hydrogens is 847 g/mol. The van der Waals surface area contributed by atoms with Crippen molar-refractivity contribution in [3.63, 3.8) is 0 Å². The zero-order valence-electron chi connectivity index (χ0n) is 38.8. The molecule has 352 valence electrons. The van der Waals surface area contributed by atoms with Crippen LogP contribution in [-0.4, -0.2) is 97.7 Å². The summed E-state index contributed by atoms with van der Waals surface area (Å²) in [5, 5.41) is 14.4. The number of carbonyl (C=O) groups excluding carboxylic acids is 4. The first-order chi connectivity index (χ1) is 32.3. The molecule has 0 radical (unpaired) electrons. The third-order valence-electron chi connectivity index (χ3n) is 14.1. The molecule has 8 atom stereocenters. The Morgan fingerprint density at radius 3 is 1.74 bits per heavy atom. The van der Waals surface area contributed by atoms with Crippen molar-refractivity contribution in [2.24, 2.45) is 11.8 Å². The van der Waals surface area contributed by atoms with Crippen LogP contribution in [-0.2, 0) is 14.3 Å². The Labute approximate surface area is 395 Å². The maximum absolute atomic E-state index is 14.1. The van der Waals surface area contributed by atoms with Crippen LogP contribution in [0, 0.1) is 11.8 Å². The number of likely N-dealkylation sites (tertiary alicyclic amines) is 1. The van der Waals surface area contributed by atoms with Crippen molar-refractivity contribution in [1.29, 1.82) is 0 Å². The number of thiazole rings is 1. The van der Waals surface area contributed by atoms with E-state index in [1.807, 2.05) is 54.7 Å². The fourth-order valence-electron chi connectivity index (χ4n) is 9.95. The lowest BCUT2D eigenvalue weighted by Crippen LogP contribution is -2.48. The van der Waals surface area contributed by atoms with Crippen LogP contribution in [0.2, 0.25) is 0 Å². The van der Waals surface area contributed by atoms with Crippen molar-refractivity contribution < 1.29 is 23.9 Å². The predicted octanol–water partition coefficient (Wildman–Crippen LogP) is 8.66. The van der Waals surface area contributed by atoms with E-state index in [4.69, 9.17) is 9.72 Å². The molecule has 4 fully saturated rings. The second-order valence-corrected chi connectivity index (χ2v) is 20.0. The van der Waals surface area contributed by atoms with Gasteiger partial charge in [-0.15, -0.1) is 0 Å². The summed E-state index contributed by atoms with van der Waals surface area (Å²) < 4.78 is 5.80. The van der Waals surface area contributed by atoms with Crippen molar-refractivity contribution in [3.05, 3.63) is 108 Å². The number of ether oxygens (including phenoxy) is 1. The lowest BCUT2D eigenvalue weighted by molar-refractivity contribution is -0.133. The van der Waals surface area contributed by atoms with Gasteiger partial charge < -0.3 is 35.8 Å². The third-order valence-corrected chi connectivity index (χ3v) is 15.2. The van der Waals surface area contributed by atoms with Crippen LogP contribution in [0.15, 0.2) is 91.1 Å². The highest BCUT2D eigenvalue weighted by atomic mass is 32.1. The fourth-order valence-corrected chi connectivity index (χ4v) is 10.9. The van der Waals surface area contributed by atoms with Crippen LogP contribution in [0.25, 0.3) is 10.6 Å². The molecular formula is C53H69N7O5S. The number of anilines is 1. The summed E-state index contributed by atoms with van der Waals surface area (Å²) in [4.78, 5) is 63.4. The Balaban J connectivity index is 0.817. The minimum atomic E-state index is -0.653. The van der Waals surface area contributed by atoms with Gasteiger partial charge in [-0.2, -0.15) is 0 Å². The lowest BCUT2D eigenvalue weighted by atomic mass is 9.94. The van der Waals surface area contributed by atoms with E-state index in [1.165, 1.54) is 68.9 Å². The Hall–Kier alpha value is -5.27. The number of unbranched alkanes of at least 4 members (excludes halogenated alkanes) is 10. The molecule has 3 aromatic carbocycles. The molecule has 2 saturated carbocycles. The largest absolute Gasteiger partial charge is 0.377 e. The molecule has 0 bridgehead atoms. The van der Waals surface area contributed by atoms with Crippen LogP contribution in [0.4, 0.5) is 9.80 Å². The molecule has 0 spiro atoms. The van der Waals surface area contributed by atoms with E-state index >= 15 is 0 Å². The number of hydrogen-bond donors (Lipinski definition) is 4. The van der Waals surface area contributed by atoms with Gasteiger partial charge in [0.15, 0.2) is 0 Å². The Kier molecular flexibility index (Phi) is 16.4. The van der Waals surface area contributed by atoms with Crippen molar-refractivity contribution >= 4 is 40.1 Å². The van der Waals surface area contributed by atoms with E-state index in [0.29, 0.717) is 25.2 Å². The molecule has 4 N–H and O–H groups in total. The van der Waals surface area contributed by atoms with Gasteiger partial charge in [-0.25, -0.2) is 9.78 Å². The molecule has 66 heavy (non-hydrogen) atoms. The number of nitrogens with one attached hydrogen (secondary N) is 4. The van der Waals surface area contributed by atoms with E-state index < -0.39 is 11.8 Å². The highest BCUT2D eigenvalue weighted by molar-refractivity contribution is 7.18. The smallest absolute Gasteiger partial charge is 0.315 e. The molecule has 8 rings (SSSR count). The van der Waals surface area contributed by atoms with Crippen molar-refractivity contribution in [1.82, 2.24) is 31.2 Å². The number of benzene rings is 3. The zero-order valence-corrected chi connectivity index (χ0v) is 39.6. The maximum Gasteiger partial charge on any atom is 0.315 e. The average Bonchev–Trinajstić information content (AvgIpc) is 4.07. The fraction of sp³-hybridized carbons (Fsp3) is 0.528. The van der Waals surface area contributed by atoms with Crippen LogP contribution in [0.5, 0.6) is 0 Å². The first kappa shape index (κ1) is 47.2. The van der Waals surface area contributed by atoms with E-state index in [0.717, 1.165) is 41.3 Å². The van der Waals surface area contributed by atoms with Crippen LogP contribution in [0.3, 0.4) is 0 Å². The van der Waals surface area contributed by atoms with Crippen molar-refractivity contribution in [2.75, 3.05) is 44.7 Å². The summed E-state index contributed by atoms with van der Waals surface area (Å²) in [6, 6.07) is 27.5. The van der Waals surface area contributed by atoms with Gasteiger partial charge in [-0.3, -0.25) is 14.4 Å². The minimum absolute atomic E-state index is 0.0171. The standard InChI is InChI=1S/C53H69N7O5S/c1-3-4-5-6-7-8-9-10-11-12-19-28-54-53(64)58-46-34-59(35-47(46)65-2)48-31-55-51(66-48)38-24-26-39(27-25-38)52(63)60-32-42(49(61)56-44-29-40(44)36-20-15-13-16-21-36)43(33-60)50(62)57-45-30-41(45)37-22-17-14-18-23-37/h13-18,20-27,31,40-47H,3-12,19,28-30,32-35H2,1-2H3,(H,56,61)(H,57,62)(H2,54,58,64)/t40-,41-,42-,43-,44+,45+,46+,47+/m1/s1. The Bertz CT molecular complexity index is 2130. The van der Waals surface area contributed by atoms with Gasteiger partial charge in [0.05, 0.1) is 30.2 Å². The molecule has 4 aromatic rings. The number of nitrogens with zero attached hydrogens (tertiary/aromatic N) is 3. The number of methoxy groups -OCH3 is 1. The highest BCUT2D eigenvalue weighted by Gasteiger charge is 2.49. The molecule has 1 aromatic heterocycles. The summed E-state index contributed by atoms with van der Waals surface area (Å²) >= 11 is 1.56. The molecule has 5 amide bonds. The maximum atomic E-state index is 14.1. The van der Waals surface area contributed by atoms with E-state index in [-0.39, 0.29) is 72.9 Å². The Morgan fingerprint density at radius 2 is 1.20 bits per heavy atom. The first-order valence-corrected chi connectivity index (χ1v) is 25.5. The lowest BCUT2D eigenvalue weighted by Gasteiger charge is -2.18. The molecule has 0 unspecified atom stereocenters. The number of amides is 5. The predicted molar refractivity (Wildman–Crippen MR) is 262 cm³/mol. The van der Waals surface area contributed by atoms with Crippen molar-refractivity contribution in [2.45, 2.75) is 126 Å². The quantitative estimate of drug-likeness (QED) is 0.0546. The van der Waals surface area contributed by atoms with Crippen LogP contribution >= 0.6 is 11.3 Å². The van der Waals surface area contributed by atoms with Gasteiger partial charge in [-0.1, -0.05) is 155 Å². The number of rotatable bonds is 23.